The first kappa shape index (κ1) is 20.8. The third kappa shape index (κ3) is 4.93. The molecular formula is C18H31IN6O2. The monoisotopic (exact) mass is 490 g/mol. The fourth-order valence-corrected chi connectivity index (χ4v) is 4.20. The Morgan fingerprint density at radius 2 is 2.22 bits per heavy atom. The van der Waals surface area contributed by atoms with Crippen LogP contribution in [0.4, 0.5) is 0 Å². The number of hydrogen-bond acceptors (Lipinski definition) is 5. The van der Waals surface area contributed by atoms with E-state index in [9.17, 15) is 0 Å². The lowest BCUT2D eigenvalue weighted by molar-refractivity contribution is -0.0460. The van der Waals surface area contributed by atoms with E-state index >= 15 is 0 Å². The first-order valence-corrected chi connectivity index (χ1v) is 9.64. The summed E-state index contributed by atoms with van der Waals surface area (Å²) >= 11 is 0. The maximum Gasteiger partial charge on any atom is 0.193 e. The van der Waals surface area contributed by atoms with E-state index in [1.165, 1.54) is 19.4 Å². The predicted molar refractivity (Wildman–Crippen MR) is 115 cm³/mol. The quantitative estimate of drug-likeness (QED) is 0.385. The Balaban J connectivity index is 0.00000210. The molecule has 3 fully saturated rings. The van der Waals surface area contributed by atoms with E-state index in [4.69, 9.17) is 9.47 Å². The van der Waals surface area contributed by atoms with Gasteiger partial charge in [0, 0.05) is 51.5 Å². The highest BCUT2D eigenvalue weighted by atomic mass is 127. The van der Waals surface area contributed by atoms with Gasteiger partial charge < -0.3 is 19.7 Å². The molecule has 9 heteroatoms. The summed E-state index contributed by atoms with van der Waals surface area (Å²) in [5.41, 5.74) is 1.11. The molecule has 0 spiro atoms. The van der Waals surface area contributed by atoms with Crippen molar-refractivity contribution >= 4 is 29.9 Å². The summed E-state index contributed by atoms with van der Waals surface area (Å²) in [6.07, 6.45) is 6.76. The van der Waals surface area contributed by atoms with Crippen LogP contribution in [0.2, 0.25) is 0 Å². The fraction of sp³-hybridized carbons (Fsp3) is 0.778. The Bertz CT molecular complexity index is 639. The van der Waals surface area contributed by atoms with Crippen molar-refractivity contribution in [2.75, 3.05) is 53.0 Å². The van der Waals surface area contributed by atoms with Gasteiger partial charge in [-0.25, -0.2) is 0 Å². The second-order valence-electron chi connectivity index (χ2n) is 7.43. The molecule has 0 amide bonds. The number of rotatable bonds is 3. The predicted octanol–water partition coefficient (Wildman–Crippen LogP) is 0.850. The number of fused-ring (bicyclic) bond motifs is 1. The second-order valence-corrected chi connectivity index (χ2v) is 7.43. The zero-order valence-corrected chi connectivity index (χ0v) is 18.5. The SMILES string of the molecule is CN=C(NCC1CN2CCCC2CO1)N1CCOC(c2cnn(C)c2)C1.I. The van der Waals surface area contributed by atoms with Crippen LogP contribution in [0.15, 0.2) is 17.4 Å². The van der Waals surface area contributed by atoms with Gasteiger partial charge in [-0.2, -0.15) is 5.10 Å². The van der Waals surface area contributed by atoms with E-state index in [0.29, 0.717) is 12.6 Å². The maximum atomic E-state index is 6.05. The molecule has 152 valence electrons. The molecule has 0 bridgehead atoms. The zero-order valence-electron chi connectivity index (χ0n) is 16.2. The molecular weight excluding hydrogens is 459 g/mol. The molecule has 3 aliphatic rings. The molecule has 1 N–H and O–H groups in total. The van der Waals surface area contributed by atoms with E-state index < -0.39 is 0 Å². The summed E-state index contributed by atoms with van der Waals surface area (Å²) < 4.78 is 13.8. The van der Waals surface area contributed by atoms with Crippen molar-refractivity contribution in [1.82, 2.24) is 24.9 Å². The molecule has 0 saturated carbocycles. The highest BCUT2D eigenvalue weighted by molar-refractivity contribution is 14.0. The van der Waals surface area contributed by atoms with Gasteiger partial charge in [-0.1, -0.05) is 0 Å². The van der Waals surface area contributed by atoms with Crippen LogP contribution in [0.3, 0.4) is 0 Å². The Labute approximate surface area is 178 Å². The van der Waals surface area contributed by atoms with E-state index in [0.717, 1.165) is 44.3 Å². The number of guanidine groups is 1. The largest absolute Gasteiger partial charge is 0.373 e. The van der Waals surface area contributed by atoms with Crippen LogP contribution in [-0.4, -0.2) is 90.7 Å². The van der Waals surface area contributed by atoms with Gasteiger partial charge in [0.2, 0.25) is 0 Å². The number of hydrogen-bond donors (Lipinski definition) is 1. The van der Waals surface area contributed by atoms with Crippen molar-refractivity contribution in [3.05, 3.63) is 18.0 Å². The van der Waals surface area contributed by atoms with E-state index in [1.807, 2.05) is 31.2 Å². The number of ether oxygens (including phenoxy) is 2. The zero-order chi connectivity index (χ0) is 17.9. The smallest absolute Gasteiger partial charge is 0.193 e. The topological polar surface area (TPSA) is 67.2 Å². The number of aryl methyl sites for hydroxylation is 1. The molecule has 4 heterocycles. The summed E-state index contributed by atoms with van der Waals surface area (Å²) in [7, 11) is 3.77. The Hall–Kier alpha value is -0.910. The number of nitrogens with one attached hydrogen (secondary N) is 1. The average Bonchev–Trinajstić information content (AvgIpc) is 3.31. The van der Waals surface area contributed by atoms with Crippen LogP contribution >= 0.6 is 24.0 Å². The molecule has 3 atom stereocenters. The van der Waals surface area contributed by atoms with Crippen molar-refractivity contribution in [1.29, 1.82) is 0 Å². The summed E-state index contributed by atoms with van der Waals surface area (Å²) in [6, 6.07) is 0.644. The van der Waals surface area contributed by atoms with E-state index in [2.05, 4.69) is 25.2 Å². The highest BCUT2D eigenvalue weighted by Gasteiger charge is 2.32. The number of morpholine rings is 2. The molecule has 1 aromatic heterocycles. The lowest BCUT2D eigenvalue weighted by Gasteiger charge is -2.37. The lowest BCUT2D eigenvalue weighted by atomic mass is 10.1. The van der Waals surface area contributed by atoms with Gasteiger partial charge in [-0.3, -0.25) is 14.6 Å². The van der Waals surface area contributed by atoms with Crippen molar-refractivity contribution in [3.8, 4) is 0 Å². The first-order chi connectivity index (χ1) is 12.7. The van der Waals surface area contributed by atoms with Crippen LogP contribution < -0.4 is 5.32 Å². The summed E-state index contributed by atoms with van der Waals surface area (Å²) in [4.78, 5) is 9.32. The molecule has 3 saturated heterocycles. The van der Waals surface area contributed by atoms with Gasteiger partial charge >= 0.3 is 0 Å². The van der Waals surface area contributed by atoms with Gasteiger partial charge in [-0.05, 0) is 19.4 Å². The summed E-state index contributed by atoms with van der Waals surface area (Å²) in [6.45, 7) is 6.22. The Kier molecular flexibility index (Phi) is 7.35. The van der Waals surface area contributed by atoms with Crippen LogP contribution in [-0.2, 0) is 16.5 Å². The van der Waals surface area contributed by atoms with Crippen molar-refractivity contribution in [2.24, 2.45) is 12.0 Å². The minimum atomic E-state index is 0. The minimum absolute atomic E-state index is 0. The van der Waals surface area contributed by atoms with Crippen LogP contribution in [0, 0.1) is 0 Å². The second kappa shape index (κ2) is 9.53. The fourth-order valence-electron chi connectivity index (χ4n) is 4.20. The average molecular weight is 490 g/mol. The van der Waals surface area contributed by atoms with Crippen molar-refractivity contribution < 1.29 is 9.47 Å². The van der Waals surface area contributed by atoms with Crippen LogP contribution in [0.1, 0.15) is 24.5 Å². The van der Waals surface area contributed by atoms with Gasteiger partial charge in [0.25, 0.3) is 0 Å². The third-order valence-electron chi connectivity index (χ3n) is 5.62. The molecule has 27 heavy (non-hydrogen) atoms. The molecule has 3 aliphatic heterocycles. The summed E-state index contributed by atoms with van der Waals surface area (Å²) in [5.74, 6) is 0.925. The molecule has 0 aromatic carbocycles. The minimum Gasteiger partial charge on any atom is -0.373 e. The van der Waals surface area contributed by atoms with Crippen LogP contribution in [0.5, 0.6) is 0 Å². The van der Waals surface area contributed by atoms with Gasteiger partial charge in [0.1, 0.15) is 6.10 Å². The van der Waals surface area contributed by atoms with Crippen molar-refractivity contribution in [2.45, 2.75) is 31.1 Å². The number of halogens is 1. The standard InChI is InChI=1S/C18H30N6O2.HI/c1-19-18(20-9-16-11-23-5-3-4-15(23)13-26-16)24-6-7-25-17(12-24)14-8-21-22(2)10-14;/h8,10,15-17H,3-7,9,11-13H2,1-2H3,(H,19,20);1H. The normalized spacial score (nSPS) is 29.3. The number of nitrogens with zero attached hydrogens (tertiary/aromatic N) is 5. The van der Waals surface area contributed by atoms with Gasteiger partial charge in [0.05, 0.1) is 32.1 Å². The van der Waals surface area contributed by atoms with Crippen LogP contribution in [0.25, 0.3) is 0 Å². The first-order valence-electron chi connectivity index (χ1n) is 9.64. The summed E-state index contributed by atoms with van der Waals surface area (Å²) in [5, 5.41) is 7.77. The Morgan fingerprint density at radius 3 is 3.00 bits per heavy atom. The lowest BCUT2D eigenvalue weighted by Crippen LogP contribution is -2.53. The Morgan fingerprint density at radius 1 is 1.33 bits per heavy atom. The molecule has 1 aromatic rings. The third-order valence-corrected chi connectivity index (χ3v) is 5.62. The highest BCUT2D eigenvalue weighted by Crippen LogP contribution is 2.23. The van der Waals surface area contributed by atoms with Crippen molar-refractivity contribution in [3.63, 3.8) is 0 Å². The molecule has 0 aliphatic carbocycles. The number of aliphatic imine (C=N–C) groups is 1. The molecule has 3 unspecified atom stereocenters. The van der Waals surface area contributed by atoms with Gasteiger partial charge in [0.15, 0.2) is 5.96 Å². The molecule has 0 radical (unpaired) electrons. The maximum absolute atomic E-state index is 6.05. The molecule has 4 rings (SSSR count). The van der Waals surface area contributed by atoms with E-state index in [-0.39, 0.29) is 36.2 Å². The van der Waals surface area contributed by atoms with Gasteiger partial charge in [-0.15, -0.1) is 24.0 Å². The van der Waals surface area contributed by atoms with E-state index in [1.54, 1.807) is 0 Å². The molecule has 8 nitrogen and oxygen atoms in total. The number of aromatic nitrogens is 2.